The molecule has 1 atom stereocenters. The van der Waals surface area contributed by atoms with E-state index >= 15 is 0 Å². The van der Waals surface area contributed by atoms with E-state index in [2.05, 4.69) is 20.9 Å². The van der Waals surface area contributed by atoms with Crippen molar-refractivity contribution in [3.8, 4) is 11.3 Å². The fraction of sp³-hybridized carbons (Fsp3) is 0.115. The molecule has 4 aromatic rings. The van der Waals surface area contributed by atoms with Gasteiger partial charge in [-0.05, 0) is 61.1 Å². The second-order valence-electron chi connectivity index (χ2n) is 7.64. The lowest BCUT2D eigenvalue weighted by molar-refractivity contribution is -0.115. The monoisotopic (exact) mass is 572 g/mol. The fourth-order valence-electron chi connectivity index (χ4n) is 3.25. The van der Waals surface area contributed by atoms with Crippen LogP contribution in [0.5, 0.6) is 0 Å². The number of nitrogens with one attached hydrogen (secondary N) is 3. The van der Waals surface area contributed by atoms with Crippen molar-refractivity contribution >= 4 is 86.0 Å². The Morgan fingerprint density at radius 2 is 1.72 bits per heavy atom. The summed E-state index contributed by atoms with van der Waals surface area (Å²) in [5.74, 6) is -0.0998. The van der Waals surface area contributed by atoms with Gasteiger partial charge < -0.3 is 16.0 Å². The Morgan fingerprint density at radius 1 is 0.972 bits per heavy atom. The first kappa shape index (κ1) is 26.4. The van der Waals surface area contributed by atoms with Gasteiger partial charge in [0.05, 0.1) is 21.0 Å². The van der Waals surface area contributed by atoms with Crippen LogP contribution < -0.4 is 16.0 Å². The van der Waals surface area contributed by atoms with Crippen molar-refractivity contribution in [2.24, 2.45) is 0 Å². The molecule has 0 aliphatic rings. The first-order valence-electron chi connectivity index (χ1n) is 11.0. The summed E-state index contributed by atoms with van der Waals surface area (Å²) in [6.45, 7) is 1.99. The molecule has 36 heavy (non-hydrogen) atoms. The zero-order valence-corrected chi connectivity index (χ0v) is 23.1. The first-order chi connectivity index (χ1) is 17.4. The number of thiocarbonyl (C=S) groups is 1. The minimum atomic E-state index is -0.285. The number of rotatable bonds is 8. The highest BCUT2D eigenvalue weighted by atomic mass is 35.5. The maximum Gasteiger partial charge on any atom is 0.239 e. The van der Waals surface area contributed by atoms with Gasteiger partial charge in [-0.25, -0.2) is 4.98 Å². The predicted molar refractivity (Wildman–Crippen MR) is 159 cm³/mol. The van der Waals surface area contributed by atoms with Crippen LogP contribution in [-0.2, 0) is 4.79 Å². The number of thiazole rings is 1. The maximum absolute atomic E-state index is 13.0. The number of anilines is 3. The fourth-order valence-corrected chi connectivity index (χ4v) is 5.52. The van der Waals surface area contributed by atoms with Crippen molar-refractivity contribution in [3.63, 3.8) is 0 Å². The number of aromatic nitrogens is 1. The highest BCUT2D eigenvalue weighted by molar-refractivity contribution is 8.00. The van der Waals surface area contributed by atoms with Crippen LogP contribution in [0.1, 0.15) is 13.3 Å². The summed E-state index contributed by atoms with van der Waals surface area (Å²) >= 11 is 20.4. The Bertz CT molecular complexity index is 1360. The number of halogens is 2. The molecule has 0 aliphatic heterocycles. The zero-order chi connectivity index (χ0) is 25.5. The summed E-state index contributed by atoms with van der Waals surface area (Å²) in [6, 6.07) is 22.9. The number of benzene rings is 3. The van der Waals surface area contributed by atoms with Crippen molar-refractivity contribution < 1.29 is 4.79 Å². The van der Waals surface area contributed by atoms with Crippen LogP contribution in [0.4, 0.5) is 16.5 Å². The quantitative estimate of drug-likeness (QED) is 0.145. The Morgan fingerprint density at radius 3 is 2.47 bits per heavy atom. The third-order valence-corrected chi connectivity index (χ3v) is 8.07. The molecule has 5 nitrogen and oxygen atoms in total. The Hall–Kier alpha value is -2.62. The predicted octanol–water partition coefficient (Wildman–Crippen LogP) is 8.44. The molecule has 0 bridgehead atoms. The minimum absolute atomic E-state index is 0.0998. The van der Waals surface area contributed by atoms with Gasteiger partial charge in [0.2, 0.25) is 5.91 Å². The molecule has 0 fully saturated rings. The smallest absolute Gasteiger partial charge is 0.239 e. The minimum Gasteiger partial charge on any atom is -0.332 e. The Kier molecular flexibility index (Phi) is 9.23. The van der Waals surface area contributed by atoms with E-state index in [0.717, 1.165) is 27.5 Å². The number of carbonyl (C=O) groups is 1. The van der Waals surface area contributed by atoms with Crippen LogP contribution in [-0.4, -0.2) is 21.3 Å². The molecule has 1 aromatic heterocycles. The normalized spacial score (nSPS) is 11.5. The zero-order valence-electron chi connectivity index (χ0n) is 19.1. The lowest BCUT2D eigenvalue weighted by Crippen LogP contribution is -2.24. The summed E-state index contributed by atoms with van der Waals surface area (Å²) in [6.07, 6.45) is 0.660. The molecule has 0 saturated carbocycles. The van der Waals surface area contributed by atoms with Gasteiger partial charge in [-0.2, -0.15) is 0 Å². The summed E-state index contributed by atoms with van der Waals surface area (Å²) in [4.78, 5) is 18.5. The molecule has 3 N–H and O–H groups in total. The van der Waals surface area contributed by atoms with Crippen LogP contribution in [0.3, 0.4) is 0 Å². The van der Waals surface area contributed by atoms with E-state index in [1.807, 2.05) is 73.0 Å². The number of carbonyl (C=O) groups excluding carboxylic acids is 1. The van der Waals surface area contributed by atoms with Gasteiger partial charge in [-0.15, -0.1) is 23.1 Å². The van der Waals surface area contributed by atoms with Gasteiger partial charge in [0, 0.05) is 27.2 Å². The lowest BCUT2D eigenvalue weighted by Gasteiger charge is -2.15. The summed E-state index contributed by atoms with van der Waals surface area (Å²) in [5, 5.41) is 12.9. The van der Waals surface area contributed by atoms with E-state index in [1.165, 1.54) is 23.1 Å². The van der Waals surface area contributed by atoms with Crippen molar-refractivity contribution in [2.45, 2.75) is 23.5 Å². The largest absolute Gasteiger partial charge is 0.332 e. The van der Waals surface area contributed by atoms with Gasteiger partial charge in [-0.1, -0.05) is 60.5 Å². The van der Waals surface area contributed by atoms with Crippen LogP contribution in [0, 0.1) is 0 Å². The van der Waals surface area contributed by atoms with Gasteiger partial charge >= 0.3 is 0 Å². The summed E-state index contributed by atoms with van der Waals surface area (Å²) in [7, 11) is 0. The Labute approximate surface area is 233 Å². The van der Waals surface area contributed by atoms with Gasteiger partial charge in [0.1, 0.15) is 0 Å². The van der Waals surface area contributed by atoms with Gasteiger partial charge in [-0.3, -0.25) is 4.79 Å². The second kappa shape index (κ2) is 12.6. The SMILES string of the molecule is CCC(Sc1cccc(NC(=S)Nc2ccccc2)c1)C(=O)Nc1nc(-c2ccc(Cl)c(Cl)c2)cs1. The molecule has 1 amide bonds. The average Bonchev–Trinajstić information content (AvgIpc) is 3.33. The number of para-hydroxylation sites is 1. The number of thioether (sulfide) groups is 1. The highest BCUT2D eigenvalue weighted by Gasteiger charge is 2.20. The second-order valence-corrected chi connectivity index (χ2v) is 11.0. The molecular formula is C26H22Cl2N4OS3. The van der Waals surface area contributed by atoms with E-state index in [1.54, 1.807) is 12.1 Å². The van der Waals surface area contributed by atoms with Crippen LogP contribution in [0.15, 0.2) is 83.1 Å². The number of amides is 1. The highest BCUT2D eigenvalue weighted by Crippen LogP contribution is 2.32. The number of nitrogens with zero attached hydrogens (tertiary/aromatic N) is 1. The third kappa shape index (κ3) is 7.21. The van der Waals surface area contributed by atoms with Crippen LogP contribution in [0.25, 0.3) is 11.3 Å². The topological polar surface area (TPSA) is 66.0 Å². The van der Waals surface area contributed by atoms with E-state index in [0.29, 0.717) is 26.7 Å². The number of hydrogen-bond donors (Lipinski definition) is 3. The molecule has 1 heterocycles. The van der Waals surface area contributed by atoms with Gasteiger partial charge in [0.15, 0.2) is 10.2 Å². The molecule has 0 aliphatic carbocycles. The molecule has 0 radical (unpaired) electrons. The molecule has 1 unspecified atom stereocenters. The maximum atomic E-state index is 13.0. The van der Waals surface area contributed by atoms with E-state index in [-0.39, 0.29) is 11.2 Å². The lowest BCUT2D eigenvalue weighted by atomic mass is 10.2. The van der Waals surface area contributed by atoms with Crippen LogP contribution >= 0.6 is 58.5 Å². The van der Waals surface area contributed by atoms with Crippen molar-refractivity contribution in [1.82, 2.24) is 4.98 Å². The average molecular weight is 574 g/mol. The van der Waals surface area contributed by atoms with Crippen molar-refractivity contribution in [1.29, 1.82) is 0 Å². The van der Waals surface area contributed by atoms with Crippen LogP contribution in [0.2, 0.25) is 10.0 Å². The molecular weight excluding hydrogens is 551 g/mol. The standard InChI is InChI=1S/C26H22Cl2N4OS3/c1-2-23(24(33)32-26-31-22(15-35-26)16-11-12-20(27)21(28)13-16)36-19-10-6-9-18(14-19)30-25(34)29-17-7-4-3-5-8-17/h3-15,23H,2H2,1H3,(H2,29,30,34)(H,31,32,33). The molecule has 0 saturated heterocycles. The summed E-state index contributed by atoms with van der Waals surface area (Å²) in [5.41, 5.74) is 3.32. The molecule has 184 valence electrons. The molecule has 3 aromatic carbocycles. The van der Waals surface area contributed by atoms with E-state index < -0.39 is 0 Å². The Balaban J connectivity index is 1.37. The third-order valence-electron chi connectivity index (χ3n) is 5.01. The van der Waals surface area contributed by atoms with Gasteiger partial charge in [0.25, 0.3) is 0 Å². The summed E-state index contributed by atoms with van der Waals surface area (Å²) < 4.78 is 0. The van der Waals surface area contributed by atoms with E-state index in [9.17, 15) is 4.79 Å². The molecule has 4 rings (SSSR count). The number of hydrogen-bond acceptors (Lipinski definition) is 5. The molecule has 10 heteroatoms. The van der Waals surface area contributed by atoms with E-state index in [4.69, 9.17) is 35.4 Å². The van der Waals surface area contributed by atoms with Crippen molar-refractivity contribution in [3.05, 3.63) is 88.2 Å². The first-order valence-corrected chi connectivity index (χ1v) is 13.9. The molecule has 0 spiro atoms. The van der Waals surface area contributed by atoms with Crippen molar-refractivity contribution in [2.75, 3.05) is 16.0 Å².